The van der Waals surface area contributed by atoms with Crippen molar-refractivity contribution in [2.75, 3.05) is 11.4 Å². The number of amides is 2. The van der Waals surface area contributed by atoms with Crippen molar-refractivity contribution in [2.24, 2.45) is 11.8 Å². The van der Waals surface area contributed by atoms with Crippen LogP contribution in [-0.2, 0) is 11.3 Å². The summed E-state index contributed by atoms with van der Waals surface area (Å²) >= 11 is 6.11. The monoisotopic (exact) mass is 500 g/mol. The molecule has 2 aliphatic carbocycles. The number of rotatable bonds is 6. The van der Waals surface area contributed by atoms with Crippen LogP contribution in [0.1, 0.15) is 57.8 Å². The Balaban J connectivity index is 1.05. The van der Waals surface area contributed by atoms with Gasteiger partial charge in [-0.15, -0.1) is 0 Å². The van der Waals surface area contributed by atoms with E-state index in [0.29, 0.717) is 34.4 Å². The van der Waals surface area contributed by atoms with Gasteiger partial charge >= 0.3 is 0 Å². The highest BCUT2D eigenvalue weighted by atomic mass is 35.5. The molecular weight excluding hydrogens is 476 g/mol. The lowest BCUT2D eigenvalue weighted by Crippen LogP contribution is -2.43. The number of carbonyl (C=O) groups excluding carboxylic acids is 2. The van der Waals surface area contributed by atoms with E-state index in [2.05, 4.69) is 21.5 Å². The molecule has 8 nitrogen and oxygen atoms in total. The molecule has 36 heavy (non-hydrogen) atoms. The van der Waals surface area contributed by atoms with Crippen molar-refractivity contribution in [1.29, 1.82) is 5.26 Å². The Labute approximate surface area is 213 Å². The molecular formula is C27H25ClN6O2. The summed E-state index contributed by atoms with van der Waals surface area (Å²) in [5.41, 5.74) is 4.11. The van der Waals surface area contributed by atoms with Gasteiger partial charge in [0.1, 0.15) is 5.82 Å². The minimum absolute atomic E-state index is 0.0506. The number of pyridine rings is 1. The molecule has 1 aromatic carbocycles. The van der Waals surface area contributed by atoms with E-state index < -0.39 is 0 Å². The van der Waals surface area contributed by atoms with Crippen LogP contribution in [0.2, 0.25) is 5.02 Å². The number of nitrogens with one attached hydrogen (secondary N) is 1. The fraction of sp³-hybridized carbons (Fsp3) is 0.370. The largest absolute Gasteiger partial charge is 0.349 e. The Kier molecular flexibility index (Phi) is 5.53. The summed E-state index contributed by atoms with van der Waals surface area (Å²) in [5.74, 6) is 1.67. The van der Waals surface area contributed by atoms with E-state index >= 15 is 0 Å². The van der Waals surface area contributed by atoms with Gasteiger partial charge in [0.25, 0.3) is 5.91 Å². The molecule has 0 radical (unpaired) electrons. The van der Waals surface area contributed by atoms with Gasteiger partial charge in [-0.3, -0.25) is 19.2 Å². The van der Waals surface area contributed by atoms with Gasteiger partial charge in [0.05, 0.1) is 29.9 Å². The quantitative estimate of drug-likeness (QED) is 0.554. The van der Waals surface area contributed by atoms with Crippen LogP contribution in [0, 0.1) is 30.1 Å². The summed E-state index contributed by atoms with van der Waals surface area (Å²) in [6.07, 6.45) is 7.67. The van der Waals surface area contributed by atoms with Gasteiger partial charge in [-0.2, -0.15) is 10.4 Å². The maximum Gasteiger partial charge on any atom is 0.254 e. The molecule has 0 unspecified atom stereocenters. The average molecular weight is 501 g/mol. The molecule has 2 saturated carbocycles. The molecule has 0 spiro atoms. The van der Waals surface area contributed by atoms with Crippen LogP contribution >= 0.6 is 11.6 Å². The van der Waals surface area contributed by atoms with Gasteiger partial charge in [0, 0.05) is 35.9 Å². The van der Waals surface area contributed by atoms with E-state index in [1.54, 1.807) is 40.3 Å². The Morgan fingerprint density at radius 1 is 1.25 bits per heavy atom. The van der Waals surface area contributed by atoms with Crippen LogP contribution in [0.5, 0.6) is 0 Å². The second-order valence-corrected chi connectivity index (χ2v) is 10.6. The molecule has 2 aromatic heterocycles. The Bertz CT molecular complexity index is 1420. The fourth-order valence-corrected chi connectivity index (χ4v) is 5.52. The smallest absolute Gasteiger partial charge is 0.254 e. The number of nitrogens with zero attached hydrogens (tertiary/aromatic N) is 5. The molecule has 3 aromatic rings. The molecule has 0 bridgehead atoms. The molecule has 1 saturated heterocycles. The second kappa shape index (κ2) is 8.75. The van der Waals surface area contributed by atoms with Crippen molar-refractivity contribution in [2.45, 2.75) is 44.7 Å². The number of aromatic nitrogens is 3. The number of carbonyl (C=O) groups is 2. The van der Waals surface area contributed by atoms with Crippen molar-refractivity contribution in [3.8, 4) is 6.07 Å². The summed E-state index contributed by atoms with van der Waals surface area (Å²) in [5, 5.41) is 17.4. The molecule has 182 valence electrons. The summed E-state index contributed by atoms with van der Waals surface area (Å²) in [6.45, 7) is 3.26. The normalized spacial score (nSPS) is 24.1. The van der Waals surface area contributed by atoms with Crippen molar-refractivity contribution >= 4 is 29.2 Å². The van der Waals surface area contributed by atoms with Crippen molar-refractivity contribution < 1.29 is 9.59 Å². The zero-order valence-electron chi connectivity index (χ0n) is 19.8. The minimum atomic E-state index is -0.160. The summed E-state index contributed by atoms with van der Waals surface area (Å²) in [7, 11) is 0. The predicted octanol–water partition coefficient (Wildman–Crippen LogP) is 3.82. The Hall–Kier alpha value is -3.70. The van der Waals surface area contributed by atoms with E-state index in [1.807, 2.05) is 19.1 Å². The Morgan fingerprint density at radius 3 is 2.81 bits per heavy atom. The summed E-state index contributed by atoms with van der Waals surface area (Å²) < 4.78 is 1.73. The number of piperidine rings is 1. The molecule has 6 rings (SSSR count). The minimum Gasteiger partial charge on any atom is -0.349 e. The third-order valence-corrected chi connectivity index (χ3v) is 7.91. The average Bonchev–Trinajstić information content (AvgIpc) is 3.33. The topological polar surface area (TPSA) is 104 Å². The molecule has 1 N–H and O–H groups in total. The van der Waals surface area contributed by atoms with Crippen molar-refractivity contribution in [3.63, 3.8) is 0 Å². The zero-order chi connectivity index (χ0) is 25.0. The van der Waals surface area contributed by atoms with Crippen LogP contribution in [0.3, 0.4) is 0 Å². The molecule has 2 amide bonds. The van der Waals surface area contributed by atoms with Gasteiger partial charge in [-0.05, 0) is 79.0 Å². The van der Waals surface area contributed by atoms with Crippen LogP contribution in [-0.4, -0.2) is 39.2 Å². The number of halogens is 1. The fourth-order valence-electron chi connectivity index (χ4n) is 5.34. The van der Waals surface area contributed by atoms with Crippen LogP contribution < -0.4 is 10.2 Å². The molecule has 3 aliphatic rings. The number of hydrogen-bond donors (Lipinski definition) is 1. The highest BCUT2D eigenvalue weighted by molar-refractivity contribution is 6.30. The van der Waals surface area contributed by atoms with Crippen molar-refractivity contribution in [1.82, 2.24) is 20.1 Å². The van der Waals surface area contributed by atoms with Gasteiger partial charge in [-0.25, -0.2) is 4.98 Å². The first kappa shape index (κ1) is 22.7. The number of aryl methyl sites for hydroxylation is 1. The third-order valence-electron chi connectivity index (χ3n) is 7.68. The van der Waals surface area contributed by atoms with Gasteiger partial charge < -0.3 is 5.32 Å². The van der Waals surface area contributed by atoms with E-state index in [0.717, 1.165) is 42.5 Å². The van der Waals surface area contributed by atoms with E-state index in [4.69, 9.17) is 11.6 Å². The van der Waals surface area contributed by atoms with Gasteiger partial charge in [0.15, 0.2) is 0 Å². The molecule has 9 heteroatoms. The van der Waals surface area contributed by atoms with Crippen molar-refractivity contribution in [3.05, 3.63) is 75.7 Å². The summed E-state index contributed by atoms with van der Waals surface area (Å²) in [6, 6.07) is 9.55. The molecule has 3 fully saturated rings. The third kappa shape index (κ3) is 4.14. The molecule has 1 aliphatic heterocycles. The van der Waals surface area contributed by atoms with Crippen LogP contribution in [0.25, 0.3) is 0 Å². The van der Waals surface area contributed by atoms with Gasteiger partial charge in [0.2, 0.25) is 5.91 Å². The number of fused-ring (bicyclic) bond motifs is 1. The van der Waals surface area contributed by atoms with E-state index in [1.165, 1.54) is 0 Å². The first-order chi connectivity index (χ1) is 17.4. The van der Waals surface area contributed by atoms with E-state index in [9.17, 15) is 14.9 Å². The predicted molar refractivity (Wildman–Crippen MR) is 134 cm³/mol. The van der Waals surface area contributed by atoms with Gasteiger partial charge in [-0.1, -0.05) is 11.6 Å². The summed E-state index contributed by atoms with van der Waals surface area (Å²) in [4.78, 5) is 31.4. The number of benzene rings is 1. The molecule has 3 heterocycles. The first-order valence-electron chi connectivity index (χ1n) is 12.2. The SMILES string of the molecule is Cc1cc(N2C[C@H]3C[C@H]3C2=O)ncc1Cn1cc(C(=O)N[C@H]2C[C@@H](c3cc(Cl)ccc3C#N)C2)cn1. The first-order valence-corrected chi connectivity index (χ1v) is 12.6. The maximum atomic E-state index is 12.8. The number of anilines is 1. The van der Waals surface area contributed by atoms with Crippen LogP contribution in [0.4, 0.5) is 5.82 Å². The second-order valence-electron chi connectivity index (χ2n) is 10.1. The number of nitriles is 1. The van der Waals surface area contributed by atoms with Crippen LogP contribution in [0.15, 0.2) is 42.9 Å². The highest BCUT2D eigenvalue weighted by Gasteiger charge is 2.52. The lowest BCUT2D eigenvalue weighted by molar-refractivity contribution is -0.118. The lowest BCUT2D eigenvalue weighted by Gasteiger charge is -2.36. The Morgan fingerprint density at radius 2 is 2.08 bits per heavy atom. The maximum absolute atomic E-state index is 12.8. The zero-order valence-corrected chi connectivity index (χ0v) is 20.6. The number of hydrogen-bond acceptors (Lipinski definition) is 5. The molecule has 2 atom stereocenters. The highest BCUT2D eigenvalue weighted by Crippen LogP contribution is 2.47. The lowest BCUT2D eigenvalue weighted by atomic mass is 9.74. The van der Waals surface area contributed by atoms with E-state index in [-0.39, 0.29) is 29.7 Å². The standard InChI is InChI=1S/C27H25ClN6O2/c1-15-4-25(34-14-18-7-24(18)27(34)36)30-10-19(15)12-33-13-20(11-31-33)26(35)32-22-5-17(6-22)23-8-21(28)3-2-16(23)9-29/h2-4,8,10-11,13,17-18,22,24H,5-7,12,14H2,1H3,(H,32,35)/t17-,18-,22+,24-/m1/s1.